The van der Waals surface area contributed by atoms with Gasteiger partial charge < -0.3 is 14.6 Å². The lowest BCUT2D eigenvalue weighted by Crippen LogP contribution is -2.33. The van der Waals surface area contributed by atoms with Crippen LogP contribution in [-0.4, -0.2) is 49.7 Å². The SMILES string of the molecule is COCCn1c(C2CCCN2c2ncnc3nc[nH]c23)nc2ccccc2c1=O. The molecular formula is C20H21N7O2. The topological polar surface area (TPSA) is 102 Å². The third-order valence-corrected chi connectivity index (χ3v) is 5.44. The maximum absolute atomic E-state index is 13.2. The number of benzene rings is 1. The second-order valence-electron chi connectivity index (χ2n) is 7.09. The summed E-state index contributed by atoms with van der Waals surface area (Å²) in [6.07, 6.45) is 5.02. The van der Waals surface area contributed by atoms with Gasteiger partial charge in [-0.1, -0.05) is 12.1 Å². The molecule has 0 saturated carbocycles. The van der Waals surface area contributed by atoms with Gasteiger partial charge in [-0.2, -0.15) is 0 Å². The van der Waals surface area contributed by atoms with Crippen LogP contribution < -0.4 is 10.5 Å². The van der Waals surface area contributed by atoms with Gasteiger partial charge >= 0.3 is 0 Å². The highest BCUT2D eigenvalue weighted by Crippen LogP contribution is 2.36. The molecule has 1 atom stereocenters. The van der Waals surface area contributed by atoms with E-state index in [2.05, 4.69) is 24.8 Å². The van der Waals surface area contributed by atoms with Crippen LogP contribution in [0.1, 0.15) is 24.7 Å². The molecule has 3 aromatic heterocycles. The summed E-state index contributed by atoms with van der Waals surface area (Å²) in [7, 11) is 1.64. The number of hydrogen-bond donors (Lipinski definition) is 1. The van der Waals surface area contributed by atoms with Crippen LogP contribution in [0.4, 0.5) is 5.82 Å². The van der Waals surface area contributed by atoms with Crippen molar-refractivity contribution in [1.82, 2.24) is 29.5 Å². The average molecular weight is 391 g/mol. The van der Waals surface area contributed by atoms with E-state index in [4.69, 9.17) is 9.72 Å². The molecule has 9 nitrogen and oxygen atoms in total. The van der Waals surface area contributed by atoms with Crippen molar-refractivity contribution in [2.45, 2.75) is 25.4 Å². The van der Waals surface area contributed by atoms with E-state index in [-0.39, 0.29) is 11.6 Å². The van der Waals surface area contributed by atoms with Crippen molar-refractivity contribution in [1.29, 1.82) is 0 Å². The number of fused-ring (bicyclic) bond motifs is 2. The normalized spacial score (nSPS) is 16.9. The number of methoxy groups -OCH3 is 1. The summed E-state index contributed by atoms with van der Waals surface area (Å²) in [5, 5.41) is 0.620. The molecule has 5 rings (SSSR count). The van der Waals surface area contributed by atoms with Gasteiger partial charge in [-0.25, -0.2) is 19.9 Å². The number of nitrogens with one attached hydrogen (secondary N) is 1. The van der Waals surface area contributed by atoms with Crippen molar-refractivity contribution in [3.63, 3.8) is 0 Å². The van der Waals surface area contributed by atoms with Crippen LogP contribution in [0, 0.1) is 0 Å². The number of rotatable bonds is 5. The Labute approximate surface area is 166 Å². The monoisotopic (exact) mass is 391 g/mol. The molecule has 4 heterocycles. The predicted octanol–water partition coefficient (Wildman–Crippen LogP) is 2.05. The van der Waals surface area contributed by atoms with Crippen molar-refractivity contribution < 1.29 is 4.74 Å². The lowest BCUT2D eigenvalue weighted by molar-refractivity contribution is 0.184. The summed E-state index contributed by atoms with van der Waals surface area (Å²) in [4.78, 5) is 36.5. The number of nitrogens with zero attached hydrogens (tertiary/aromatic N) is 6. The first-order valence-corrected chi connectivity index (χ1v) is 9.67. The second-order valence-corrected chi connectivity index (χ2v) is 7.09. The lowest BCUT2D eigenvalue weighted by atomic mass is 10.1. The van der Waals surface area contributed by atoms with Crippen molar-refractivity contribution in [2.24, 2.45) is 0 Å². The Morgan fingerprint density at radius 3 is 3.03 bits per heavy atom. The molecule has 0 amide bonds. The van der Waals surface area contributed by atoms with E-state index in [1.807, 2.05) is 24.3 Å². The largest absolute Gasteiger partial charge is 0.383 e. The molecule has 0 bridgehead atoms. The maximum atomic E-state index is 13.2. The summed E-state index contributed by atoms with van der Waals surface area (Å²) in [6, 6.07) is 7.42. The van der Waals surface area contributed by atoms with Gasteiger partial charge in [0.1, 0.15) is 17.7 Å². The van der Waals surface area contributed by atoms with E-state index in [1.165, 1.54) is 6.33 Å². The number of ether oxygens (including phenoxy) is 1. The van der Waals surface area contributed by atoms with Crippen molar-refractivity contribution >= 4 is 27.9 Å². The van der Waals surface area contributed by atoms with Crippen LogP contribution >= 0.6 is 0 Å². The number of hydrogen-bond acceptors (Lipinski definition) is 7. The fourth-order valence-electron chi connectivity index (χ4n) is 4.10. The highest BCUT2D eigenvalue weighted by atomic mass is 16.5. The molecule has 1 aliphatic rings. The summed E-state index contributed by atoms with van der Waals surface area (Å²) < 4.78 is 7.00. The van der Waals surface area contributed by atoms with E-state index >= 15 is 0 Å². The van der Waals surface area contributed by atoms with Gasteiger partial charge in [0.2, 0.25) is 0 Å². The summed E-state index contributed by atoms with van der Waals surface area (Å²) >= 11 is 0. The molecule has 0 radical (unpaired) electrons. The van der Waals surface area contributed by atoms with Crippen molar-refractivity contribution in [3.05, 3.63) is 53.1 Å². The number of aromatic amines is 1. The molecule has 1 unspecified atom stereocenters. The molecular weight excluding hydrogens is 370 g/mol. The average Bonchev–Trinajstić information content (AvgIpc) is 3.42. The van der Waals surface area contributed by atoms with Crippen LogP contribution in [0.25, 0.3) is 22.1 Å². The lowest BCUT2D eigenvalue weighted by Gasteiger charge is -2.27. The van der Waals surface area contributed by atoms with Gasteiger partial charge in [0.05, 0.1) is 36.4 Å². The Hall–Kier alpha value is -3.33. The number of para-hydroxylation sites is 1. The fraction of sp³-hybridized carbons (Fsp3) is 0.350. The molecule has 9 heteroatoms. The molecule has 148 valence electrons. The Morgan fingerprint density at radius 2 is 2.14 bits per heavy atom. The number of H-pyrrole nitrogens is 1. The van der Waals surface area contributed by atoms with Gasteiger partial charge in [0.15, 0.2) is 11.5 Å². The second kappa shape index (κ2) is 7.25. The van der Waals surface area contributed by atoms with Crippen molar-refractivity contribution in [3.8, 4) is 0 Å². The van der Waals surface area contributed by atoms with Crippen LogP contribution in [0.2, 0.25) is 0 Å². The summed E-state index contributed by atoms with van der Waals surface area (Å²) in [6.45, 7) is 1.72. The van der Waals surface area contributed by atoms with E-state index in [0.717, 1.165) is 36.5 Å². The highest BCUT2D eigenvalue weighted by Gasteiger charge is 2.32. The van der Waals surface area contributed by atoms with E-state index < -0.39 is 0 Å². The smallest absolute Gasteiger partial charge is 0.261 e. The third kappa shape index (κ3) is 2.94. The van der Waals surface area contributed by atoms with Gasteiger partial charge in [-0.05, 0) is 25.0 Å². The standard InChI is InChI=1S/C20H21N7O2/c1-29-10-9-27-18(25-14-6-3-2-5-13(14)20(27)28)15-7-4-8-26(15)19-16-17(22-11-21-16)23-12-24-19/h2-3,5-6,11-12,15H,4,7-10H2,1H3,(H,21,22,23,24). The first kappa shape index (κ1) is 17.7. The number of imidazole rings is 1. The molecule has 1 aliphatic heterocycles. The van der Waals surface area contributed by atoms with Gasteiger partial charge in [-0.15, -0.1) is 0 Å². The minimum Gasteiger partial charge on any atom is -0.383 e. The van der Waals surface area contributed by atoms with Crippen LogP contribution in [0.3, 0.4) is 0 Å². The number of anilines is 1. The Morgan fingerprint density at radius 1 is 1.24 bits per heavy atom. The molecule has 0 aliphatic carbocycles. The van der Waals surface area contributed by atoms with Crippen LogP contribution in [-0.2, 0) is 11.3 Å². The first-order chi connectivity index (χ1) is 14.3. The molecule has 1 fully saturated rings. The van der Waals surface area contributed by atoms with Crippen LogP contribution in [0.5, 0.6) is 0 Å². The third-order valence-electron chi connectivity index (χ3n) is 5.44. The van der Waals surface area contributed by atoms with Crippen molar-refractivity contribution in [2.75, 3.05) is 25.2 Å². The predicted molar refractivity (Wildman–Crippen MR) is 109 cm³/mol. The molecule has 1 N–H and O–H groups in total. The molecule has 29 heavy (non-hydrogen) atoms. The van der Waals surface area contributed by atoms with Gasteiger partial charge in [-0.3, -0.25) is 9.36 Å². The Balaban J connectivity index is 1.67. The van der Waals surface area contributed by atoms with E-state index in [1.54, 1.807) is 18.0 Å². The number of aromatic nitrogens is 6. The zero-order valence-corrected chi connectivity index (χ0v) is 16.1. The molecule has 4 aromatic rings. The summed E-state index contributed by atoms with van der Waals surface area (Å²) in [5.41, 5.74) is 2.10. The fourth-order valence-corrected chi connectivity index (χ4v) is 4.10. The molecule has 1 aromatic carbocycles. The zero-order chi connectivity index (χ0) is 19.8. The maximum Gasteiger partial charge on any atom is 0.261 e. The Kier molecular flexibility index (Phi) is 4.44. The van der Waals surface area contributed by atoms with E-state index in [9.17, 15) is 4.79 Å². The first-order valence-electron chi connectivity index (χ1n) is 9.67. The summed E-state index contributed by atoms with van der Waals surface area (Å²) in [5.74, 6) is 1.53. The zero-order valence-electron chi connectivity index (χ0n) is 16.1. The van der Waals surface area contributed by atoms with Gasteiger partial charge in [0.25, 0.3) is 5.56 Å². The minimum atomic E-state index is -0.0643. The highest BCUT2D eigenvalue weighted by molar-refractivity contribution is 5.83. The Bertz CT molecular complexity index is 1230. The van der Waals surface area contributed by atoms with Crippen LogP contribution in [0.15, 0.2) is 41.7 Å². The van der Waals surface area contributed by atoms with Gasteiger partial charge in [0, 0.05) is 13.7 Å². The minimum absolute atomic E-state index is 0.0381. The molecule has 1 saturated heterocycles. The molecule has 0 spiro atoms. The quantitative estimate of drug-likeness (QED) is 0.555. The van der Waals surface area contributed by atoms with E-state index in [0.29, 0.717) is 29.7 Å².